The van der Waals surface area contributed by atoms with Gasteiger partial charge in [0.05, 0.1) is 0 Å². The summed E-state index contributed by atoms with van der Waals surface area (Å²) < 4.78 is 1.67. The number of nitrogens with zero attached hydrogens (tertiary/aromatic N) is 4. The Morgan fingerprint density at radius 3 is 2.32 bits per heavy atom. The number of aromatic nitrogens is 3. The van der Waals surface area contributed by atoms with Crippen LogP contribution in [0.4, 0.5) is 0 Å². The molecule has 0 N–H and O–H groups in total. The first-order valence-electron chi connectivity index (χ1n) is 8.93. The minimum Gasteiger partial charge on any atom is -0.690 e. The highest BCUT2D eigenvalue weighted by molar-refractivity contribution is 6.29. The zero-order chi connectivity index (χ0) is 18.2. The summed E-state index contributed by atoms with van der Waals surface area (Å²) in [5.74, 6) is 0. The number of rotatable bonds is 4. The fourth-order valence-electron chi connectivity index (χ4n) is 4.22. The van der Waals surface area contributed by atoms with E-state index < -0.39 is 0 Å². The second-order valence-corrected chi connectivity index (χ2v) is 8.49. The standard InChI is InChI=1S/C19H27ClN4O/c1-18(2)12-8-13-19(3,4)22(18)14-11-16-17(20)24(25)21-23(16)15-9-6-5-7-10-15/h5-7,9-10H,8,11-14H2,1-4H3. The Bertz CT molecular complexity index is 723. The van der Waals surface area contributed by atoms with Crippen LogP contribution in [0.5, 0.6) is 0 Å². The molecule has 5 nitrogen and oxygen atoms in total. The minimum atomic E-state index is 0.138. The molecule has 0 atom stereocenters. The van der Waals surface area contributed by atoms with Gasteiger partial charge >= 0.3 is 0 Å². The molecular formula is C19H27ClN4O. The van der Waals surface area contributed by atoms with Crippen LogP contribution in [-0.4, -0.2) is 32.4 Å². The molecule has 0 radical (unpaired) electrons. The van der Waals surface area contributed by atoms with Crippen LogP contribution in [0.25, 0.3) is 5.69 Å². The summed E-state index contributed by atoms with van der Waals surface area (Å²) in [6.07, 6.45) is 4.30. The average molecular weight is 363 g/mol. The molecule has 136 valence electrons. The van der Waals surface area contributed by atoms with Crippen LogP contribution in [0.2, 0.25) is 5.15 Å². The number of para-hydroxylation sites is 1. The maximum absolute atomic E-state index is 12.0. The number of piperidine rings is 1. The van der Waals surface area contributed by atoms with E-state index in [-0.39, 0.29) is 16.2 Å². The van der Waals surface area contributed by atoms with E-state index in [0.717, 1.165) is 17.9 Å². The third kappa shape index (κ3) is 3.53. The fraction of sp³-hybridized carbons (Fsp3) is 0.579. The van der Waals surface area contributed by atoms with Gasteiger partial charge in [0.15, 0.2) is 11.4 Å². The molecule has 1 saturated heterocycles. The lowest BCUT2D eigenvalue weighted by atomic mass is 9.79. The van der Waals surface area contributed by atoms with Crippen molar-refractivity contribution < 1.29 is 4.85 Å². The summed E-state index contributed by atoms with van der Waals surface area (Å²) in [7, 11) is 0. The third-order valence-electron chi connectivity index (χ3n) is 5.44. The predicted octanol–water partition coefficient (Wildman–Crippen LogP) is 3.74. The third-order valence-corrected chi connectivity index (χ3v) is 5.81. The van der Waals surface area contributed by atoms with E-state index in [9.17, 15) is 5.21 Å². The molecule has 1 aliphatic rings. The van der Waals surface area contributed by atoms with Gasteiger partial charge in [0.1, 0.15) is 5.21 Å². The van der Waals surface area contributed by atoms with E-state index in [2.05, 4.69) is 37.8 Å². The Hall–Kier alpha value is -1.59. The van der Waals surface area contributed by atoms with Crippen molar-refractivity contribution in [3.8, 4) is 5.69 Å². The number of likely N-dealkylation sites (tertiary alicyclic amines) is 1. The van der Waals surface area contributed by atoms with E-state index in [1.807, 2.05) is 30.3 Å². The molecule has 0 bridgehead atoms. The predicted molar refractivity (Wildman–Crippen MR) is 100.0 cm³/mol. The first kappa shape index (κ1) is 18.2. The SMILES string of the molecule is CC1(C)CCCC(C)(C)N1CCc1c(Cl)[n+]([O-])nn1-c1ccccc1. The molecule has 0 spiro atoms. The van der Waals surface area contributed by atoms with Crippen LogP contribution in [-0.2, 0) is 6.42 Å². The van der Waals surface area contributed by atoms with Gasteiger partial charge in [-0.2, -0.15) is 0 Å². The largest absolute Gasteiger partial charge is 0.690 e. The maximum atomic E-state index is 12.0. The highest BCUT2D eigenvalue weighted by Crippen LogP contribution is 2.38. The highest BCUT2D eigenvalue weighted by atomic mass is 35.5. The van der Waals surface area contributed by atoms with Gasteiger partial charge in [0.25, 0.3) is 5.15 Å². The first-order valence-corrected chi connectivity index (χ1v) is 9.31. The molecule has 2 heterocycles. The maximum Gasteiger partial charge on any atom is 0.265 e. The lowest BCUT2D eigenvalue weighted by Gasteiger charge is -2.53. The highest BCUT2D eigenvalue weighted by Gasteiger charge is 2.41. The lowest BCUT2D eigenvalue weighted by Crippen LogP contribution is -2.59. The molecule has 2 aromatic rings. The van der Waals surface area contributed by atoms with Crippen LogP contribution in [0, 0.1) is 5.21 Å². The quantitative estimate of drug-likeness (QED) is 0.614. The molecule has 1 aliphatic heterocycles. The molecule has 1 fully saturated rings. The summed E-state index contributed by atoms with van der Waals surface area (Å²) in [6, 6.07) is 9.67. The van der Waals surface area contributed by atoms with E-state index in [4.69, 9.17) is 11.6 Å². The van der Waals surface area contributed by atoms with Crippen molar-refractivity contribution in [2.24, 2.45) is 0 Å². The fourth-order valence-corrected chi connectivity index (χ4v) is 4.43. The van der Waals surface area contributed by atoms with Crippen LogP contribution < -0.4 is 4.85 Å². The first-order chi connectivity index (χ1) is 11.7. The number of hydrogen-bond donors (Lipinski definition) is 0. The van der Waals surface area contributed by atoms with Crippen molar-refractivity contribution in [2.75, 3.05) is 6.54 Å². The van der Waals surface area contributed by atoms with Gasteiger partial charge in [-0.15, -0.1) is 4.85 Å². The average Bonchev–Trinajstić information content (AvgIpc) is 2.82. The Morgan fingerprint density at radius 2 is 1.72 bits per heavy atom. The van der Waals surface area contributed by atoms with Gasteiger partial charge in [-0.3, -0.25) is 4.90 Å². The summed E-state index contributed by atoms with van der Waals surface area (Å²) >= 11 is 6.27. The van der Waals surface area contributed by atoms with E-state index in [1.54, 1.807) is 4.68 Å². The molecule has 25 heavy (non-hydrogen) atoms. The molecule has 0 amide bonds. The van der Waals surface area contributed by atoms with Crippen molar-refractivity contribution in [3.05, 3.63) is 46.4 Å². The van der Waals surface area contributed by atoms with Crippen LogP contribution in [0.1, 0.15) is 52.7 Å². The Balaban J connectivity index is 1.88. The monoisotopic (exact) mass is 362 g/mol. The molecule has 3 rings (SSSR count). The molecule has 6 heteroatoms. The Kier molecular flexibility index (Phi) is 4.82. The van der Waals surface area contributed by atoms with Crippen molar-refractivity contribution in [3.63, 3.8) is 0 Å². The van der Waals surface area contributed by atoms with Crippen molar-refractivity contribution in [1.29, 1.82) is 0 Å². The summed E-state index contributed by atoms with van der Waals surface area (Å²) in [4.78, 5) is 3.06. The van der Waals surface area contributed by atoms with Crippen molar-refractivity contribution in [2.45, 2.75) is 64.5 Å². The zero-order valence-corrected chi connectivity index (χ0v) is 16.3. The Labute approximate surface area is 154 Å². The molecule has 1 aromatic carbocycles. The Morgan fingerprint density at radius 1 is 1.12 bits per heavy atom. The number of halogens is 1. The molecule has 0 saturated carbocycles. The molecular weight excluding hydrogens is 336 g/mol. The molecule has 0 unspecified atom stereocenters. The van der Waals surface area contributed by atoms with Crippen LogP contribution in [0.15, 0.2) is 30.3 Å². The van der Waals surface area contributed by atoms with Crippen LogP contribution >= 0.6 is 11.6 Å². The van der Waals surface area contributed by atoms with E-state index in [1.165, 1.54) is 19.3 Å². The molecule has 1 aromatic heterocycles. The van der Waals surface area contributed by atoms with Gasteiger partial charge in [-0.25, -0.2) is 0 Å². The molecule has 0 aliphatic carbocycles. The summed E-state index contributed by atoms with van der Waals surface area (Å²) in [6.45, 7) is 10.1. The van der Waals surface area contributed by atoms with Gasteiger partial charge < -0.3 is 5.21 Å². The normalized spacial score (nSPS) is 19.9. The van der Waals surface area contributed by atoms with Crippen LogP contribution in [0.3, 0.4) is 0 Å². The summed E-state index contributed by atoms with van der Waals surface area (Å²) in [5.41, 5.74) is 1.89. The smallest absolute Gasteiger partial charge is 0.265 e. The second kappa shape index (κ2) is 6.61. The lowest BCUT2D eigenvalue weighted by molar-refractivity contribution is -0.668. The van der Waals surface area contributed by atoms with E-state index >= 15 is 0 Å². The minimum absolute atomic E-state index is 0.138. The van der Waals surface area contributed by atoms with E-state index in [0.29, 0.717) is 11.3 Å². The number of benzene rings is 1. The second-order valence-electron chi connectivity index (χ2n) is 8.13. The summed E-state index contributed by atoms with van der Waals surface area (Å²) in [5, 5.41) is 16.2. The topological polar surface area (TPSA) is 48.0 Å². The van der Waals surface area contributed by atoms with Gasteiger partial charge in [0, 0.05) is 24.0 Å². The van der Waals surface area contributed by atoms with Crippen molar-refractivity contribution in [1.82, 2.24) is 14.8 Å². The van der Waals surface area contributed by atoms with Gasteiger partial charge in [-0.1, -0.05) is 22.9 Å². The zero-order valence-electron chi connectivity index (χ0n) is 15.5. The van der Waals surface area contributed by atoms with Gasteiger partial charge in [0.2, 0.25) is 0 Å². The van der Waals surface area contributed by atoms with Gasteiger partial charge in [-0.05, 0) is 70.7 Å². The van der Waals surface area contributed by atoms with Crippen molar-refractivity contribution >= 4 is 11.6 Å². The number of hydrogen-bond acceptors (Lipinski definition) is 3.